The molecular formula is C25H22Cl2N2O4. The van der Waals surface area contributed by atoms with Crippen molar-refractivity contribution < 1.29 is 19.1 Å². The van der Waals surface area contributed by atoms with Crippen LogP contribution in [-0.2, 0) is 4.79 Å². The second-order valence-corrected chi connectivity index (χ2v) is 8.43. The van der Waals surface area contributed by atoms with Crippen molar-refractivity contribution >= 4 is 46.4 Å². The number of carbonyl (C=O) groups is 2. The molecule has 3 aromatic rings. The lowest BCUT2D eigenvalue weighted by atomic mass is 10.1. The first-order chi connectivity index (χ1) is 15.9. The summed E-state index contributed by atoms with van der Waals surface area (Å²) in [6.45, 7) is 2.91. The Hall–Kier alpha value is -3.22. The molecule has 0 spiro atoms. The normalized spacial score (nSPS) is 12.7. The first-order valence-corrected chi connectivity index (χ1v) is 11.2. The fourth-order valence-electron chi connectivity index (χ4n) is 3.48. The van der Waals surface area contributed by atoms with Crippen LogP contribution in [0.25, 0.3) is 0 Å². The number of hydrogen-bond acceptors (Lipinski definition) is 4. The van der Waals surface area contributed by atoms with Gasteiger partial charge in [-0.25, -0.2) is 0 Å². The molecule has 4 rings (SSSR count). The van der Waals surface area contributed by atoms with Crippen LogP contribution in [0.5, 0.6) is 11.5 Å². The topological polar surface area (TPSA) is 67.9 Å². The van der Waals surface area contributed by atoms with E-state index in [2.05, 4.69) is 5.32 Å². The van der Waals surface area contributed by atoms with E-state index in [0.29, 0.717) is 52.3 Å². The van der Waals surface area contributed by atoms with Crippen molar-refractivity contribution in [1.29, 1.82) is 0 Å². The van der Waals surface area contributed by atoms with Gasteiger partial charge in [0.2, 0.25) is 0 Å². The third-order valence-electron chi connectivity index (χ3n) is 5.13. The Morgan fingerprint density at radius 3 is 2.73 bits per heavy atom. The molecule has 1 aliphatic heterocycles. The number of hydrogen-bond donors (Lipinski definition) is 1. The summed E-state index contributed by atoms with van der Waals surface area (Å²) in [7, 11) is 0. The van der Waals surface area contributed by atoms with Crippen molar-refractivity contribution in [2.24, 2.45) is 0 Å². The molecule has 0 unspecified atom stereocenters. The van der Waals surface area contributed by atoms with Gasteiger partial charge in [0.05, 0.1) is 22.3 Å². The predicted molar refractivity (Wildman–Crippen MR) is 130 cm³/mol. The summed E-state index contributed by atoms with van der Waals surface area (Å²) in [6.07, 6.45) is 0.638. The zero-order chi connectivity index (χ0) is 23.4. The number of nitrogens with one attached hydrogen (secondary N) is 1. The highest BCUT2D eigenvalue weighted by Crippen LogP contribution is 2.35. The Balaban J connectivity index is 1.43. The maximum Gasteiger partial charge on any atom is 0.265 e. The molecule has 33 heavy (non-hydrogen) atoms. The van der Waals surface area contributed by atoms with Crippen LogP contribution >= 0.6 is 23.2 Å². The van der Waals surface area contributed by atoms with Gasteiger partial charge in [0.1, 0.15) is 11.5 Å². The molecule has 2 amide bonds. The number of fused-ring (bicyclic) bond motifs is 1. The van der Waals surface area contributed by atoms with E-state index in [1.807, 2.05) is 31.2 Å². The van der Waals surface area contributed by atoms with Crippen molar-refractivity contribution in [2.75, 3.05) is 30.0 Å². The van der Waals surface area contributed by atoms with Gasteiger partial charge in [-0.3, -0.25) is 9.59 Å². The average molecular weight is 485 g/mol. The van der Waals surface area contributed by atoms with Crippen LogP contribution in [0.4, 0.5) is 11.4 Å². The third kappa shape index (κ3) is 5.59. The van der Waals surface area contributed by atoms with E-state index in [9.17, 15) is 9.59 Å². The lowest BCUT2D eigenvalue weighted by Crippen LogP contribution is -2.39. The largest absolute Gasteiger partial charge is 0.494 e. The van der Waals surface area contributed by atoms with Crippen molar-refractivity contribution in [3.05, 3.63) is 81.8 Å². The number of aryl methyl sites for hydroxylation is 1. The van der Waals surface area contributed by atoms with E-state index in [-0.39, 0.29) is 18.4 Å². The molecule has 0 aromatic heterocycles. The number of rotatable bonds is 7. The highest BCUT2D eigenvalue weighted by Gasteiger charge is 2.26. The number of carbonyl (C=O) groups excluding carboxylic acids is 2. The lowest BCUT2D eigenvalue weighted by Gasteiger charge is -2.30. The van der Waals surface area contributed by atoms with Gasteiger partial charge < -0.3 is 19.7 Å². The summed E-state index contributed by atoms with van der Waals surface area (Å²) in [5.41, 5.74) is 2.64. The van der Waals surface area contributed by atoms with Crippen molar-refractivity contribution in [2.45, 2.75) is 13.3 Å². The van der Waals surface area contributed by atoms with Crippen LogP contribution < -0.4 is 19.7 Å². The van der Waals surface area contributed by atoms with Gasteiger partial charge >= 0.3 is 0 Å². The highest BCUT2D eigenvalue weighted by atomic mass is 35.5. The summed E-state index contributed by atoms with van der Waals surface area (Å²) in [4.78, 5) is 26.8. The van der Waals surface area contributed by atoms with Gasteiger partial charge in [0, 0.05) is 17.8 Å². The second kappa shape index (κ2) is 10.1. The van der Waals surface area contributed by atoms with Crippen LogP contribution in [0.3, 0.4) is 0 Å². The quantitative estimate of drug-likeness (QED) is 0.433. The van der Waals surface area contributed by atoms with Crippen LogP contribution in [0.2, 0.25) is 10.0 Å². The van der Waals surface area contributed by atoms with Gasteiger partial charge in [-0.1, -0.05) is 35.3 Å². The molecule has 0 fully saturated rings. The monoisotopic (exact) mass is 484 g/mol. The van der Waals surface area contributed by atoms with Crippen LogP contribution in [0.1, 0.15) is 22.3 Å². The molecule has 1 N–H and O–H groups in total. The Labute approximate surface area is 202 Å². The molecule has 170 valence electrons. The number of halogens is 2. The van der Waals surface area contributed by atoms with Crippen molar-refractivity contribution in [3.63, 3.8) is 0 Å². The van der Waals surface area contributed by atoms with Crippen LogP contribution in [0.15, 0.2) is 60.7 Å². The zero-order valence-corrected chi connectivity index (χ0v) is 19.4. The van der Waals surface area contributed by atoms with Gasteiger partial charge in [0.15, 0.2) is 6.61 Å². The Kier molecular flexibility index (Phi) is 7.06. The van der Waals surface area contributed by atoms with Crippen LogP contribution in [0, 0.1) is 6.92 Å². The van der Waals surface area contributed by atoms with E-state index in [0.717, 1.165) is 11.3 Å². The average Bonchev–Trinajstić information content (AvgIpc) is 2.79. The summed E-state index contributed by atoms with van der Waals surface area (Å²) in [5.74, 6) is 0.901. The molecule has 6 nitrogen and oxygen atoms in total. The maximum atomic E-state index is 12.6. The molecular weight excluding hydrogens is 463 g/mol. The van der Waals surface area contributed by atoms with Crippen molar-refractivity contribution in [1.82, 2.24) is 0 Å². The predicted octanol–water partition coefficient (Wildman–Crippen LogP) is 5.75. The molecule has 0 bridgehead atoms. The first-order valence-electron chi connectivity index (χ1n) is 10.4. The minimum atomic E-state index is -0.338. The number of benzene rings is 3. The lowest BCUT2D eigenvalue weighted by molar-refractivity contribution is -0.121. The maximum absolute atomic E-state index is 12.6. The van der Waals surface area contributed by atoms with E-state index < -0.39 is 0 Å². The van der Waals surface area contributed by atoms with Crippen LogP contribution in [-0.4, -0.2) is 31.6 Å². The number of ether oxygens (including phenoxy) is 2. The Bertz CT molecular complexity index is 1200. The summed E-state index contributed by atoms with van der Waals surface area (Å²) < 4.78 is 11.4. The first kappa shape index (κ1) is 23.0. The van der Waals surface area contributed by atoms with E-state index >= 15 is 0 Å². The minimum Gasteiger partial charge on any atom is -0.494 e. The standard InChI is InChI=1S/C25H22Cl2N2O4/c1-16-4-2-5-19(12-16)32-11-3-10-29-22-14-18(7-9-23(22)33-15-24(29)30)28-25(31)17-6-8-20(26)21(27)13-17/h2,4-9,12-14H,3,10-11,15H2,1H3,(H,28,31). The number of amides is 2. The molecule has 8 heteroatoms. The Morgan fingerprint density at radius 1 is 1.09 bits per heavy atom. The number of nitrogens with zero attached hydrogens (tertiary/aromatic N) is 1. The fourth-order valence-corrected chi connectivity index (χ4v) is 3.78. The minimum absolute atomic E-state index is 0.0271. The summed E-state index contributed by atoms with van der Waals surface area (Å²) in [5, 5.41) is 3.50. The molecule has 0 atom stereocenters. The fraction of sp³-hybridized carbons (Fsp3) is 0.200. The van der Waals surface area contributed by atoms with Gasteiger partial charge in [-0.15, -0.1) is 0 Å². The number of anilines is 2. The molecule has 1 aliphatic rings. The molecule has 0 radical (unpaired) electrons. The molecule has 1 heterocycles. The highest BCUT2D eigenvalue weighted by molar-refractivity contribution is 6.42. The van der Waals surface area contributed by atoms with Gasteiger partial charge in [-0.2, -0.15) is 0 Å². The molecule has 0 aliphatic carbocycles. The molecule has 3 aromatic carbocycles. The van der Waals surface area contributed by atoms with E-state index in [1.165, 1.54) is 6.07 Å². The second-order valence-electron chi connectivity index (χ2n) is 7.62. The Morgan fingerprint density at radius 2 is 1.94 bits per heavy atom. The van der Waals surface area contributed by atoms with Gasteiger partial charge in [-0.05, 0) is 67.4 Å². The summed E-state index contributed by atoms with van der Waals surface area (Å²) in [6, 6.07) is 17.7. The molecule has 0 saturated heterocycles. The summed E-state index contributed by atoms with van der Waals surface area (Å²) >= 11 is 11.9. The van der Waals surface area contributed by atoms with E-state index in [1.54, 1.807) is 35.2 Å². The van der Waals surface area contributed by atoms with Crippen molar-refractivity contribution in [3.8, 4) is 11.5 Å². The van der Waals surface area contributed by atoms with E-state index in [4.69, 9.17) is 32.7 Å². The SMILES string of the molecule is Cc1cccc(OCCCN2C(=O)COc3ccc(NC(=O)c4ccc(Cl)c(Cl)c4)cc32)c1. The molecule has 0 saturated carbocycles. The van der Waals surface area contributed by atoms with Gasteiger partial charge in [0.25, 0.3) is 11.8 Å². The zero-order valence-electron chi connectivity index (χ0n) is 17.9. The smallest absolute Gasteiger partial charge is 0.265 e. The third-order valence-corrected chi connectivity index (χ3v) is 5.86.